The highest BCUT2D eigenvalue weighted by molar-refractivity contribution is 6.28. The predicted molar refractivity (Wildman–Crippen MR) is 60.9 cm³/mol. The van der Waals surface area contributed by atoms with E-state index in [-0.39, 0.29) is 5.82 Å². The number of aryl methyl sites for hydroxylation is 1. The summed E-state index contributed by atoms with van der Waals surface area (Å²) in [6.45, 7) is 1.70. The fourth-order valence-corrected chi connectivity index (χ4v) is 1.67. The molecule has 0 saturated carbocycles. The molecule has 0 spiro atoms. The Balaban J connectivity index is 2.33. The van der Waals surface area contributed by atoms with E-state index in [4.69, 9.17) is 21.8 Å². The topological polar surface area (TPSA) is 39.2 Å². The molecule has 4 heteroatoms. The third-order valence-electron chi connectivity index (χ3n) is 2.44. The van der Waals surface area contributed by atoms with Crippen molar-refractivity contribution < 1.29 is 8.81 Å². The van der Waals surface area contributed by atoms with Crippen LogP contribution >= 0.6 is 11.6 Å². The van der Waals surface area contributed by atoms with Crippen LogP contribution in [0.1, 0.15) is 22.9 Å². The van der Waals surface area contributed by atoms with Gasteiger partial charge >= 0.3 is 0 Å². The van der Waals surface area contributed by atoms with E-state index in [1.807, 2.05) is 0 Å². The Hall–Kier alpha value is -1.32. The van der Waals surface area contributed by atoms with E-state index in [0.29, 0.717) is 16.5 Å². The molecule has 2 rings (SSSR count). The maximum absolute atomic E-state index is 13.1. The van der Waals surface area contributed by atoms with Crippen molar-refractivity contribution in [1.82, 2.24) is 0 Å². The molecule has 2 N–H and O–H groups in total. The normalized spacial score (nSPS) is 12.8. The lowest BCUT2D eigenvalue weighted by Gasteiger charge is -2.10. The minimum absolute atomic E-state index is 0.242. The molecule has 2 nitrogen and oxygen atoms in total. The summed E-state index contributed by atoms with van der Waals surface area (Å²) in [6, 6.07) is 7.67. The highest BCUT2D eigenvalue weighted by Gasteiger charge is 2.13. The molecule has 84 valence electrons. The molecule has 0 aliphatic rings. The number of hydrogen-bond acceptors (Lipinski definition) is 2. The van der Waals surface area contributed by atoms with Crippen molar-refractivity contribution in [2.24, 2.45) is 5.73 Å². The van der Waals surface area contributed by atoms with Crippen LogP contribution in [0.5, 0.6) is 0 Å². The van der Waals surface area contributed by atoms with Gasteiger partial charge in [-0.25, -0.2) is 4.39 Å². The van der Waals surface area contributed by atoms with Gasteiger partial charge < -0.3 is 10.2 Å². The summed E-state index contributed by atoms with van der Waals surface area (Å²) in [7, 11) is 0. The zero-order valence-corrected chi connectivity index (χ0v) is 9.46. The second-order valence-corrected chi connectivity index (χ2v) is 4.00. The lowest BCUT2D eigenvalue weighted by Crippen LogP contribution is -2.11. The zero-order chi connectivity index (χ0) is 11.7. The highest BCUT2D eigenvalue weighted by Crippen LogP contribution is 2.24. The summed E-state index contributed by atoms with van der Waals surface area (Å²) in [6.07, 6.45) is 0. The van der Waals surface area contributed by atoms with Crippen LogP contribution < -0.4 is 5.73 Å². The molecule has 2 aromatic rings. The molecule has 1 atom stereocenters. The van der Waals surface area contributed by atoms with Gasteiger partial charge in [0.15, 0.2) is 5.22 Å². The van der Waals surface area contributed by atoms with Crippen molar-refractivity contribution >= 4 is 11.6 Å². The van der Waals surface area contributed by atoms with Gasteiger partial charge in [-0.2, -0.15) is 0 Å². The quantitative estimate of drug-likeness (QED) is 0.872. The summed E-state index contributed by atoms with van der Waals surface area (Å²) in [5, 5.41) is 0.296. The van der Waals surface area contributed by atoms with Gasteiger partial charge in [0.05, 0.1) is 6.04 Å². The van der Waals surface area contributed by atoms with Crippen LogP contribution in [0.3, 0.4) is 0 Å². The molecule has 1 unspecified atom stereocenters. The predicted octanol–water partition coefficient (Wildman–Crippen LogP) is 3.43. The van der Waals surface area contributed by atoms with E-state index in [0.717, 1.165) is 5.56 Å². The standard InChI is InChI=1S/C12H11ClFNO/c1-7-6-8(2-3-9(7)14)12(15)10-4-5-11(13)16-10/h2-6,12H,15H2,1H3. The van der Waals surface area contributed by atoms with Crippen molar-refractivity contribution in [3.63, 3.8) is 0 Å². The molecule has 0 amide bonds. The summed E-state index contributed by atoms with van der Waals surface area (Å²) in [5.41, 5.74) is 7.33. The molecule has 0 aliphatic carbocycles. The summed E-state index contributed by atoms with van der Waals surface area (Å²) in [4.78, 5) is 0. The smallest absolute Gasteiger partial charge is 0.193 e. The maximum atomic E-state index is 13.1. The summed E-state index contributed by atoms with van der Waals surface area (Å²) >= 11 is 5.67. The number of rotatable bonds is 2. The largest absolute Gasteiger partial charge is 0.448 e. The Labute approximate surface area is 97.8 Å². The Morgan fingerprint density at radius 1 is 1.31 bits per heavy atom. The van der Waals surface area contributed by atoms with Crippen LogP contribution in [-0.2, 0) is 0 Å². The SMILES string of the molecule is Cc1cc(C(N)c2ccc(Cl)o2)ccc1F. The molecule has 0 bridgehead atoms. The molecule has 0 aliphatic heterocycles. The van der Waals surface area contributed by atoms with Gasteiger partial charge in [0.2, 0.25) is 0 Å². The Morgan fingerprint density at radius 2 is 2.06 bits per heavy atom. The van der Waals surface area contributed by atoms with Crippen LogP contribution in [0.15, 0.2) is 34.7 Å². The maximum Gasteiger partial charge on any atom is 0.193 e. The van der Waals surface area contributed by atoms with Crippen LogP contribution in [0.4, 0.5) is 4.39 Å². The molecule has 0 fully saturated rings. The first-order valence-corrected chi connectivity index (χ1v) is 5.22. The Morgan fingerprint density at radius 3 is 2.62 bits per heavy atom. The molecule has 16 heavy (non-hydrogen) atoms. The van der Waals surface area contributed by atoms with Gasteiger partial charge in [0.25, 0.3) is 0 Å². The third-order valence-corrected chi connectivity index (χ3v) is 2.64. The zero-order valence-electron chi connectivity index (χ0n) is 8.71. The average Bonchev–Trinajstić information content (AvgIpc) is 2.68. The number of furan rings is 1. The van der Waals surface area contributed by atoms with Gasteiger partial charge in [-0.15, -0.1) is 0 Å². The molecular formula is C12H11ClFNO. The van der Waals surface area contributed by atoms with Gasteiger partial charge in [-0.05, 0) is 47.9 Å². The lowest BCUT2D eigenvalue weighted by molar-refractivity contribution is 0.491. The van der Waals surface area contributed by atoms with Crippen LogP contribution in [-0.4, -0.2) is 0 Å². The minimum atomic E-state index is -0.424. The minimum Gasteiger partial charge on any atom is -0.448 e. The van der Waals surface area contributed by atoms with Gasteiger partial charge in [-0.3, -0.25) is 0 Å². The monoisotopic (exact) mass is 239 g/mol. The van der Waals surface area contributed by atoms with E-state index < -0.39 is 6.04 Å². The molecule has 1 aromatic carbocycles. The third kappa shape index (κ3) is 2.10. The van der Waals surface area contributed by atoms with Crippen LogP contribution in [0, 0.1) is 12.7 Å². The fraction of sp³-hybridized carbons (Fsp3) is 0.167. The molecule has 0 radical (unpaired) electrons. The lowest BCUT2D eigenvalue weighted by atomic mass is 10.0. The summed E-state index contributed by atoms with van der Waals surface area (Å²) < 4.78 is 18.3. The molecule has 0 saturated heterocycles. The van der Waals surface area contributed by atoms with Gasteiger partial charge in [-0.1, -0.05) is 12.1 Å². The van der Waals surface area contributed by atoms with Crippen LogP contribution in [0.2, 0.25) is 5.22 Å². The van der Waals surface area contributed by atoms with Crippen molar-refractivity contribution in [1.29, 1.82) is 0 Å². The van der Waals surface area contributed by atoms with Gasteiger partial charge in [0.1, 0.15) is 11.6 Å². The van der Waals surface area contributed by atoms with Crippen molar-refractivity contribution in [3.8, 4) is 0 Å². The first-order valence-electron chi connectivity index (χ1n) is 4.85. The van der Waals surface area contributed by atoms with Crippen molar-refractivity contribution in [2.75, 3.05) is 0 Å². The van der Waals surface area contributed by atoms with E-state index >= 15 is 0 Å². The number of nitrogens with two attached hydrogens (primary N) is 1. The Bertz CT molecular complexity index is 509. The van der Waals surface area contributed by atoms with Gasteiger partial charge in [0, 0.05) is 0 Å². The van der Waals surface area contributed by atoms with E-state index in [1.165, 1.54) is 6.07 Å². The molecule has 1 aromatic heterocycles. The summed E-state index contributed by atoms with van der Waals surface area (Å²) in [5.74, 6) is 0.324. The average molecular weight is 240 g/mol. The van der Waals surface area contributed by atoms with Crippen molar-refractivity contribution in [3.05, 3.63) is 58.3 Å². The molecular weight excluding hydrogens is 229 g/mol. The first-order chi connectivity index (χ1) is 7.58. The second kappa shape index (κ2) is 4.28. The second-order valence-electron chi connectivity index (χ2n) is 3.63. The fourth-order valence-electron chi connectivity index (χ4n) is 1.52. The van der Waals surface area contributed by atoms with Crippen LogP contribution in [0.25, 0.3) is 0 Å². The van der Waals surface area contributed by atoms with E-state index in [2.05, 4.69) is 0 Å². The number of halogens is 2. The van der Waals surface area contributed by atoms with E-state index in [1.54, 1.807) is 31.2 Å². The highest BCUT2D eigenvalue weighted by atomic mass is 35.5. The Kier molecular flexibility index (Phi) is 2.99. The number of hydrogen-bond donors (Lipinski definition) is 1. The van der Waals surface area contributed by atoms with Crippen molar-refractivity contribution in [2.45, 2.75) is 13.0 Å². The molecule has 1 heterocycles. The van der Waals surface area contributed by atoms with E-state index in [9.17, 15) is 4.39 Å². The first kappa shape index (κ1) is 11.2. The number of benzene rings is 1.